The highest BCUT2D eigenvalue weighted by atomic mass is 32.1. The Labute approximate surface area is 366 Å². The van der Waals surface area contributed by atoms with Gasteiger partial charge < -0.3 is 0 Å². The first-order valence-corrected chi connectivity index (χ1v) is 27.0. The van der Waals surface area contributed by atoms with Crippen molar-refractivity contribution in [3.05, 3.63) is 58.0 Å². The molecule has 0 radical (unpaired) electrons. The SMILES string of the molecule is CCCCCCCCCCCCCCc1c(CCCCCCCCCCCCCC)c(-c2ccc(-c3cc4sc(-c5ccc(C)s5)cc4s3)s2)c2nsnc2c1C. The van der Waals surface area contributed by atoms with Crippen molar-refractivity contribution in [2.75, 3.05) is 0 Å². The molecule has 0 N–H and O–H groups in total. The third-order valence-corrected chi connectivity index (χ3v) is 17.4. The summed E-state index contributed by atoms with van der Waals surface area (Å²) in [4.78, 5) is 8.31. The van der Waals surface area contributed by atoms with Gasteiger partial charge in [0.05, 0.1) is 11.7 Å². The maximum atomic E-state index is 5.02. The van der Waals surface area contributed by atoms with Gasteiger partial charge in [0.25, 0.3) is 0 Å². The Morgan fingerprint density at radius 3 is 1.32 bits per heavy atom. The zero-order valence-corrected chi connectivity index (χ0v) is 39.9. The summed E-state index contributed by atoms with van der Waals surface area (Å²) in [7, 11) is 0. The largest absolute Gasteiger partial charge is 0.173 e. The van der Waals surface area contributed by atoms with Gasteiger partial charge in [-0.05, 0) is 92.6 Å². The average Bonchev–Trinajstić information content (AvgIpc) is 4.06. The second-order valence-electron chi connectivity index (χ2n) is 16.7. The quantitative estimate of drug-likeness (QED) is 0.0439. The van der Waals surface area contributed by atoms with E-state index in [1.54, 1.807) is 11.1 Å². The molecule has 0 bridgehead atoms. The molecule has 5 heterocycles. The Hall–Kier alpha value is -1.90. The van der Waals surface area contributed by atoms with Crippen LogP contribution in [-0.4, -0.2) is 8.75 Å². The van der Waals surface area contributed by atoms with Gasteiger partial charge in [-0.1, -0.05) is 155 Å². The minimum Gasteiger partial charge on any atom is -0.173 e. The number of thiophene rings is 4. The molecule has 0 aliphatic carbocycles. The summed E-state index contributed by atoms with van der Waals surface area (Å²) in [5, 5.41) is 0. The third-order valence-electron chi connectivity index (χ3n) is 12.0. The third kappa shape index (κ3) is 13.0. The van der Waals surface area contributed by atoms with Gasteiger partial charge in [-0.3, -0.25) is 0 Å². The Bertz CT molecular complexity index is 2000. The van der Waals surface area contributed by atoms with Gasteiger partial charge in [-0.25, -0.2) is 0 Å². The lowest BCUT2D eigenvalue weighted by molar-refractivity contribution is 0.542. The smallest absolute Gasteiger partial charge is 0.113 e. The van der Waals surface area contributed by atoms with E-state index < -0.39 is 0 Å². The van der Waals surface area contributed by atoms with E-state index in [0.717, 1.165) is 17.5 Å². The second kappa shape index (κ2) is 24.4. The summed E-state index contributed by atoms with van der Waals surface area (Å²) in [5.41, 5.74) is 8.24. The standard InChI is InChI=1S/C50H70N2S5/c1-5-7-9-11-13-15-17-19-21-23-25-27-29-39-38(4)49-50(52-57-51-49)48(40(39)30-28-26-24-22-20-18-16-14-12-10-8-6-2)43-34-33-42(54-43)45-36-47-46(56-45)35-44(55-47)41-32-31-37(3)53-41/h31-36H,5-30H2,1-4H3. The molecule has 5 aromatic heterocycles. The molecule has 0 aliphatic heterocycles. The maximum absolute atomic E-state index is 5.02. The number of rotatable bonds is 29. The number of unbranched alkanes of at least 4 members (excludes halogenated alkanes) is 22. The molecule has 1 aromatic carbocycles. The van der Waals surface area contributed by atoms with Gasteiger partial charge in [-0.2, -0.15) is 8.75 Å². The van der Waals surface area contributed by atoms with Crippen LogP contribution in [-0.2, 0) is 12.8 Å². The van der Waals surface area contributed by atoms with Gasteiger partial charge in [0.2, 0.25) is 0 Å². The molecular formula is C50H70N2S5. The van der Waals surface area contributed by atoms with Crippen molar-refractivity contribution in [1.29, 1.82) is 0 Å². The fraction of sp³-hybridized carbons (Fsp3) is 0.600. The van der Waals surface area contributed by atoms with Crippen molar-refractivity contribution in [3.8, 4) is 29.9 Å². The van der Waals surface area contributed by atoms with Gasteiger partial charge in [0, 0.05) is 44.2 Å². The predicted molar refractivity (Wildman–Crippen MR) is 262 cm³/mol. The van der Waals surface area contributed by atoms with E-state index in [0.29, 0.717) is 0 Å². The number of aromatic nitrogens is 2. The van der Waals surface area contributed by atoms with Crippen molar-refractivity contribution in [1.82, 2.24) is 8.75 Å². The lowest BCUT2D eigenvalue weighted by Crippen LogP contribution is -2.03. The minimum atomic E-state index is 1.14. The first-order valence-electron chi connectivity index (χ1n) is 23.0. The molecule has 0 fully saturated rings. The number of benzene rings is 1. The van der Waals surface area contributed by atoms with Crippen molar-refractivity contribution in [3.63, 3.8) is 0 Å². The lowest BCUT2D eigenvalue weighted by Gasteiger charge is -2.18. The summed E-state index contributed by atoms with van der Waals surface area (Å²) >= 11 is 9.17. The highest BCUT2D eigenvalue weighted by Gasteiger charge is 2.23. The van der Waals surface area contributed by atoms with Crippen LogP contribution in [0.15, 0.2) is 36.4 Å². The van der Waals surface area contributed by atoms with E-state index in [9.17, 15) is 0 Å². The summed E-state index contributed by atoms with van der Waals surface area (Å²) in [6, 6.07) is 14.1. The fourth-order valence-corrected chi connectivity index (χ4v) is 13.8. The first-order chi connectivity index (χ1) is 28.1. The number of aryl methyl sites for hydroxylation is 2. The van der Waals surface area contributed by atoms with Crippen LogP contribution in [0, 0.1) is 13.8 Å². The number of hydrogen-bond donors (Lipinski definition) is 0. The molecule has 0 saturated heterocycles. The van der Waals surface area contributed by atoms with Crippen LogP contribution in [0.3, 0.4) is 0 Å². The van der Waals surface area contributed by atoms with Crippen molar-refractivity contribution >= 4 is 77.5 Å². The molecule has 0 spiro atoms. The van der Waals surface area contributed by atoms with E-state index in [-0.39, 0.29) is 0 Å². The predicted octanol–water partition coefficient (Wildman–Crippen LogP) is 19.2. The molecule has 310 valence electrons. The van der Waals surface area contributed by atoms with Crippen LogP contribution in [0.25, 0.3) is 50.4 Å². The van der Waals surface area contributed by atoms with Gasteiger partial charge in [-0.15, -0.1) is 45.3 Å². The normalized spacial score (nSPS) is 11.9. The van der Waals surface area contributed by atoms with Crippen LogP contribution in [0.4, 0.5) is 0 Å². The molecule has 0 aliphatic rings. The highest BCUT2D eigenvalue weighted by Crippen LogP contribution is 2.47. The fourth-order valence-electron chi connectivity index (χ4n) is 8.68. The summed E-state index contributed by atoms with van der Waals surface area (Å²) < 4.78 is 12.8. The van der Waals surface area contributed by atoms with Crippen LogP contribution >= 0.6 is 57.1 Å². The van der Waals surface area contributed by atoms with Crippen molar-refractivity contribution in [2.24, 2.45) is 0 Å². The molecule has 6 aromatic rings. The second-order valence-corrected chi connectivity index (χ2v) is 21.8. The Morgan fingerprint density at radius 2 is 0.825 bits per heavy atom. The van der Waals surface area contributed by atoms with Crippen LogP contribution in [0.2, 0.25) is 0 Å². The Morgan fingerprint density at radius 1 is 0.404 bits per heavy atom. The highest BCUT2D eigenvalue weighted by molar-refractivity contribution is 7.33. The van der Waals surface area contributed by atoms with Gasteiger partial charge in [0.1, 0.15) is 11.0 Å². The number of nitrogens with zero attached hydrogens (tertiary/aromatic N) is 2. The molecule has 7 heteroatoms. The van der Waals surface area contributed by atoms with E-state index in [2.05, 4.69) is 64.1 Å². The van der Waals surface area contributed by atoms with Gasteiger partial charge >= 0.3 is 0 Å². The average molecular weight is 859 g/mol. The van der Waals surface area contributed by atoms with Crippen LogP contribution < -0.4 is 0 Å². The van der Waals surface area contributed by atoms with Crippen LogP contribution in [0.1, 0.15) is 190 Å². The lowest BCUT2D eigenvalue weighted by atomic mass is 9.87. The summed E-state index contributed by atoms with van der Waals surface area (Å²) in [6.07, 6.45) is 35.7. The Balaban J connectivity index is 1.13. The monoisotopic (exact) mass is 858 g/mol. The van der Waals surface area contributed by atoms with Crippen molar-refractivity contribution in [2.45, 2.75) is 195 Å². The van der Waals surface area contributed by atoms with Crippen molar-refractivity contribution < 1.29 is 0 Å². The topological polar surface area (TPSA) is 25.8 Å². The molecule has 0 saturated carbocycles. The minimum absolute atomic E-state index is 1.14. The molecule has 0 amide bonds. The Kier molecular flexibility index (Phi) is 19.1. The van der Waals surface area contributed by atoms with Gasteiger partial charge in [0.15, 0.2) is 0 Å². The van der Waals surface area contributed by atoms with E-state index in [1.165, 1.54) is 222 Å². The maximum Gasteiger partial charge on any atom is 0.113 e. The summed E-state index contributed by atoms with van der Waals surface area (Å²) in [5.74, 6) is 0. The molecule has 0 atom stereocenters. The van der Waals surface area contributed by atoms with E-state index in [4.69, 9.17) is 8.75 Å². The molecule has 6 rings (SSSR count). The zero-order chi connectivity index (χ0) is 39.7. The first kappa shape index (κ1) is 44.6. The molecule has 57 heavy (non-hydrogen) atoms. The molecule has 0 unspecified atom stereocenters. The van der Waals surface area contributed by atoms with E-state index in [1.807, 2.05) is 45.3 Å². The number of fused-ring (bicyclic) bond motifs is 2. The molecule has 2 nitrogen and oxygen atoms in total. The summed E-state index contributed by atoms with van der Waals surface area (Å²) in [6.45, 7) is 9.17. The van der Waals surface area contributed by atoms with Crippen LogP contribution in [0.5, 0.6) is 0 Å². The van der Waals surface area contributed by atoms with E-state index >= 15 is 0 Å². The molecular weight excluding hydrogens is 789 g/mol. The number of hydrogen-bond acceptors (Lipinski definition) is 7. The zero-order valence-electron chi connectivity index (χ0n) is 35.8.